The first-order valence-corrected chi connectivity index (χ1v) is 9.17. The lowest BCUT2D eigenvalue weighted by Gasteiger charge is -2.32. The number of aryl methyl sites for hydroxylation is 1. The summed E-state index contributed by atoms with van der Waals surface area (Å²) in [5, 5.41) is 8.79. The Hall–Kier alpha value is -3.03. The Labute approximate surface area is 157 Å². The number of carbonyl (C=O) groups excluding carboxylic acids is 1. The fraction of sp³-hybridized carbons (Fsp3) is 0.421. The van der Waals surface area contributed by atoms with Gasteiger partial charge in [0.1, 0.15) is 5.82 Å². The monoisotopic (exact) mass is 365 g/mol. The molecule has 0 radical (unpaired) electrons. The highest BCUT2D eigenvalue weighted by Gasteiger charge is 2.29. The van der Waals surface area contributed by atoms with Gasteiger partial charge in [-0.25, -0.2) is 4.98 Å². The second kappa shape index (κ2) is 7.30. The van der Waals surface area contributed by atoms with Crippen molar-refractivity contribution in [2.75, 3.05) is 13.1 Å². The maximum Gasteiger partial charge on any atom is 0.255 e. The third-order valence-corrected chi connectivity index (χ3v) is 5.23. The van der Waals surface area contributed by atoms with E-state index in [1.54, 1.807) is 24.9 Å². The molecule has 3 aromatic rings. The van der Waals surface area contributed by atoms with E-state index in [0.29, 0.717) is 18.7 Å². The minimum absolute atomic E-state index is 0.0473. The second-order valence-corrected chi connectivity index (χ2v) is 7.05. The molecule has 0 spiro atoms. The van der Waals surface area contributed by atoms with Crippen molar-refractivity contribution in [3.63, 3.8) is 0 Å². The van der Waals surface area contributed by atoms with E-state index in [9.17, 15) is 4.79 Å². The summed E-state index contributed by atoms with van der Waals surface area (Å²) in [5.74, 6) is 2.06. The topological polar surface area (TPSA) is 81.7 Å². The van der Waals surface area contributed by atoms with Crippen LogP contribution in [0.2, 0.25) is 0 Å². The molecule has 1 fully saturated rings. The summed E-state index contributed by atoms with van der Waals surface area (Å²) < 4.78 is 4.02. The third kappa shape index (κ3) is 3.47. The highest BCUT2D eigenvalue weighted by atomic mass is 16.2. The zero-order chi connectivity index (χ0) is 18.8. The molecule has 3 aromatic heterocycles. The SMILES string of the molecule is Cc1ccncc1C(=O)N1CCCC(c2nnc(Cn3ccnc3)n2C)C1. The molecule has 8 heteroatoms. The van der Waals surface area contributed by atoms with Crippen LogP contribution >= 0.6 is 0 Å². The van der Waals surface area contributed by atoms with E-state index in [2.05, 4.69) is 20.2 Å². The quantitative estimate of drug-likeness (QED) is 0.704. The molecule has 0 saturated carbocycles. The van der Waals surface area contributed by atoms with Crippen LogP contribution in [0.5, 0.6) is 0 Å². The number of likely N-dealkylation sites (tertiary alicyclic amines) is 1. The number of pyridine rings is 1. The fourth-order valence-corrected chi connectivity index (χ4v) is 3.64. The molecule has 0 aromatic carbocycles. The molecule has 8 nitrogen and oxygen atoms in total. The molecule has 140 valence electrons. The maximum absolute atomic E-state index is 12.9. The molecule has 1 aliphatic rings. The third-order valence-electron chi connectivity index (χ3n) is 5.23. The zero-order valence-electron chi connectivity index (χ0n) is 15.6. The van der Waals surface area contributed by atoms with E-state index in [1.807, 2.05) is 40.3 Å². The van der Waals surface area contributed by atoms with Crippen LogP contribution < -0.4 is 0 Å². The molecule has 4 rings (SSSR count). The number of nitrogens with zero attached hydrogens (tertiary/aromatic N) is 7. The van der Waals surface area contributed by atoms with Gasteiger partial charge in [0.05, 0.1) is 18.4 Å². The van der Waals surface area contributed by atoms with E-state index in [1.165, 1.54) is 0 Å². The second-order valence-electron chi connectivity index (χ2n) is 7.05. The number of hydrogen-bond acceptors (Lipinski definition) is 5. The number of piperidine rings is 1. The summed E-state index contributed by atoms with van der Waals surface area (Å²) in [6, 6.07) is 1.87. The van der Waals surface area contributed by atoms with Crippen molar-refractivity contribution in [1.29, 1.82) is 0 Å². The van der Waals surface area contributed by atoms with Gasteiger partial charge in [0.15, 0.2) is 5.82 Å². The first kappa shape index (κ1) is 17.4. The molecule has 1 aliphatic heterocycles. The number of imidazole rings is 1. The highest BCUT2D eigenvalue weighted by molar-refractivity contribution is 5.95. The molecular formula is C19H23N7O. The molecule has 0 aliphatic carbocycles. The molecule has 0 N–H and O–H groups in total. The first-order chi connectivity index (χ1) is 13.1. The number of aromatic nitrogens is 6. The Bertz CT molecular complexity index is 931. The van der Waals surface area contributed by atoms with Crippen molar-refractivity contribution in [2.24, 2.45) is 7.05 Å². The van der Waals surface area contributed by atoms with Crippen molar-refractivity contribution in [2.45, 2.75) is 32.2 Å². The van der Waals surface area contributed by atoms with Gasteiger partial charge in [-0.15, -0.1) is 10.2 Å². The van der Waals surface area contributed by atoms with Gasteiger partial charge < -0.3 is 14.0 Å². The van der Waals surface area contributed by atoms with Gasteiger partial charge in [-0.1, -0.05) is 0 Å². The highest BCUT2D eigenvalue weighted by Crippen LogP contribution is 2.27. The summed E-state index contributed by atoms with van der Waals surface area (Å²) in [4.78, 5) is 23.0. The molecule has 1 amide bonds. The minimum Gasteiger partial charge on any atom is -0.338 e. The van der Waals surface area contributed by atoms with Gasteiger partial charge in [0.25, 0.3) is 5.91 Å². The molecular weight excluding hydrogens is 342 g/mol. The van der Waals surface area contributed by atoms with Crippen LogP contribution in [0.15, 0.2) is 37.2 Å². The van der Waals surface area contributed by atoms with E-state index in [0.717, 1.165) is 36.6 Å². The maximum atomic E-state index is 12.9. The molecule has 27 heavy (non-hydrogen) atoms. The lowest BCUT2D eigenvalue weighted by atomic mass is 9.96. The van der Waals surface area contributed by atoms with Crippen molar-refractivity contribution in [3.05, 3.63) is 60.0 Å². The lowest BCUT2D eigenvalue weighted by molar-refractivity contribution is 0.0702. The summed E-state index contributed by atoms with van der Waals surface area (Å²) in [7, 11) is 1.99. The van der Waals surface area contributed by atoms with Gasteiger partial charge in [-0.3, -0.25) is 9.78 Å². The van der Waals surface area contributed by atoms with E-state index >= 15 is 0 Å². The number of carbonyl (C=O) groups is 1. The van der Waals surface area contributed by atoms with Crippen molar-refractivity contribution in [1.82, 2.24) is 34.2 Å². The normalized spacial score (nSPS) is 17.3. The fourth-order valence-electron chi connectivity index (χ4n) is 3.64. The number of hydrogen-bond donors (Lipinski definition) is 0. The Morgan fingerprint density at radius 3 is 2.93 bits per heavy atom. The van der Waals surface area contributed by atoms with Crippen LogP contribution in [0.25, 0.3) is 0 Å². The summed E-state index contributed by atoms with van der Waals surface area (Å²) in [6.07, 6.45) is 10.8. The van der Waals surface area contributed by atoms with Crippen LogP contribution in [0.1, 0.15) is 46.3 Å². The predicted molar refractivity (Wildman–Crippen MR) is 99.2 cm³/mol. The van der Waals surface area contributed by atoms with Crippen molar-refractivity contribution in [3.8, 4) is 0 Å². The lowest BCUT2D eigenvalue weighted by Crippen LogP contribution is -2.40. The van der Waals surface area contributed by atoms with Crippen molar-refractivity contribution >= 4 is 5.91 Å². The summed E-state index contributed by atoms with van der Waals surface area (Å²) in [6.45, 7) is 4.00. The first-order valence-electron chi connectivity index (χ1n) is 9.17. The van der Waals surface area contributed by atoms with Gasteiger partial charge in [-0.05, 0) is 31.4 Å². The molecule has 1 saturated heterocycles. The standard InChI is InChI=1S/C19H23N7O/c1-14-5-6-20-10-16(14)19(27)26-8-3-4-15(11-26)18-23-22-17(24(18)2)12-25-9-7-21-13-25/h5-7,9-10,13,15H,3-4,8,11-12H2,1-2H3. The van der Waals surface area contributed by atoms with E-state index in [-0.39, 0.29) is 11.8 Å². The van der Waals surface area contributed by atoms with Crippen LogP contribution in [0.3, 0.4) is 0 Å². The predicted octanol–water partition coefficient (Wildman–Crippen LogP) is 1.78. The van der Waals surface area contributed by atoms with Crippen LogP contribution in [-0.4, -0.2) is 53.2 Å². The average Bonchev–Trinajstić information content (AvgIpc) is 3.32. The minimum atomic E-state index is 0.0473. The smallest absolute Gasteiger partial charge is 0.255 e. The molecule has 0 bridgehead atoms. The van der Waals surface area contributed by atoms with Gasteiger partial charge >= 0.3 is 0 Å². The van der Waals surface area contributed by atoms with E-state index in [4.69, 9.17) is 0 Å². The van der Waals surface area contributed by atoms with Gasteiger partial charge in [0.2, 0.25) is 0 Å². The Kier molecular flexibility index (Phi) is 4.70. The number of rotatable bonds is 4. The Morgan fingerprint density at radius 2 is 2.15 bits per heavy atom. The summed E-state index contributed by atoms with van der Waals surface area (Å²) >= 11 is 0. The van der Waals surface area contributed by atoms with E-state index < -0.39 is 0 Å². The van der Waals surface area contributed by atoms with Crippen LogP contribution in [0.4, 0.5) is 0 Å². The Morgan fingerprint density at radius 1 is 1.26 bits per heavy atom. The largest absolute Gasteiger partial charge is 0.338 e. The zero-order valence-corrected chi connectivity index (χ0v) is 15.6. The molecule has 4 heterocycles. The van der Waals surface area contributed by atoms with Gasteiger partial charge in [-0.2, -0.15) is 0 Å². The van der Waals surface area contributed by atoms with Crippen LogP contribution in [-0.2, 0) is 13.6 Å². The van der Waals surface area contributed by atoms with Crippen LogP contribution in [0, 0.1) is 6.92 Å². The number of amides is 1. The molecule has 1 unspecified atom stereocenters. The summed E-state index contributed by atoms with van der Waals surface area (Å²) in [5.41, 5.74) is 1.63. The average molecular weight is 365 g/mol. The van der Waals surface area contributed by atoms with Crippen molar-refractivity contribution < 1.29 is 4.79 Å². The molecule has 1 atom stereocenters. The Balaban J connectivity index is 1.51. The van der Waals surface area contributed by atoms with Gasteiger partial charge in [0, 0.05) is 50.8 Å².